The minimum Gasteiger partial charge on any atom is -0.478 e. The summed E-state index contributed by atoms with van der Waals surface area (Å²) < 4.78 is 0. The van der Waals surface area contributed by atoms with Crippen molar-refractivity contribution in [2.45, 2.75) is 6.54 Å². The third-order valence-electron chi connectivity index (χ3n) is 3.61. The third kappa shape index (κ3) is 3.17. The highest BCUT2D eigenvalue weighted by Crippen LogP contribution is 2.17. The van der Waals surface area contributed by atoms with Gasteiger partial charge in [0.15, 0.2) is 11.5 Å². The Kier molecular flexibility index (Phi) is 3.93. The Bertz CT molecular complexity index is 1010. The smallest absolute Gasteiger partial charge is 0.335 e. The largest absolute Gasteiger partial charge is 0.478 e. The minimum atomic E-state index is -1.00. The molecule has 6 N–H and O–H groups in total. The fourth-order valence-electron chi connectivity index (χ4n) is 2.33. The number of hydrogen-bond acceptors (Lipinski definition) is 8. The number of aromatic nitrogens is 4. The second kappa shape index (κ2) is 6.07. The van der Waals surface area contributed by atoms with Crippen molar-refractivity contribution in [3.63, 3.8) is 0 Å². The summed E-state index contributed by atoms with van der Waals surface area (Å²) in [6.45, 7) is 0.182. The fourth-order valence-corrected chi connectivity index (χ4v) is 2.33. The molecule has 128 valence electrons. The lowest BCUT2D eigenvalue weighted by Crippen LogP contribution is -2.25. The van der Waals surface area contributed by atoms with E-state index in [0.29, 0.717) is 0 Å². The summed E-state index contributed by atoms with van der Waals surface area (Å²) in [5, 5.41) is 8.93. The van der Waals surface area contributed by atoms with E-state index in [9.17, 15) is 9.59 Å². The van der Waals surface area contributed by atoms with Gasteiger partial charge in [-0.3, -0.25) is 4.79 Å². The SMILES string of the molecule is CN(Cc1nc2c(N)nc(N)nc2[nH]c1=O)c1ccc(C(=O)O)cc1. The second-order valence-corrected chi connectivity index (χ2v) is 5.38. The van der Waals surface area contributed by atoms with Crippen LogP contribution in [0.4, 0.5) is 17.5 Å². The van der Waals surface area contributed by atoms with Gasteiger partial charge in [-0.1, -0.05) is 0 Å². The van der Waals surface area contributed by atoms with E-state index in [1.807, 2.05) is 0 Å². The zero-order valence-electron chi connectivity index (χ0n) is 13.2. The topological polar surface area (TPSA) is 164 Å². The van der Waals surface area contributed by atoms with Crippen LogP contribution in [0.1, 0.15) is 16.1 Å². The first kappa shape index (κ1) is 16.2. The first-order valence-corrected chi connectivity index (χ1v) is 7.21. The van der Waals surface area contributed by atoms with Crippen molar-refractivity contribution >= 4 is 34.6 Å². The van der Waals surface area contributed by atoms with Gasteiger partial charge in [0.2, 0.25) is 5.95 Å². The van der Waals surface area contributed by atoms with E-state index in [0.717, 1.165) is 5.69 Å². The molecule has 0 aliphatic rings. The molecule has 25 heavy (non-hydrogen) atoms. The maximum Gasteiger partial charge on any atom is 0.335 e. The van der Waals surface area contributed by atoms with Gasteiger partial charge in [-0.25, -0.2) is 9.78 Å². The van der Waals surface area contributed by atoms with Crippen LogP contribution in [0, 0.1) is 0 Å². The monoisotopic (exact) mass is 341 g/mol. The Labute approximate surface area is 141 Å². The minimum absolute atomic E-state index is 0.0501. The highest BCUT2D eigenvalue weighted by atomic mass is 16.4. The van der Waals surface area contributed by atoms with Crippen molar-refractivity contribution in [3.05, 3.63) is 45.9 Å². The summed E-state index contributed by atoms with van der Waals surface area (Å²) in [7, 11) is 1.75. The number of carboxylic acid groups (broad SMARTS) is 1. The number of benzene rings is 1. The maximum atomic E-state index is 12.2. The summed E-state index contributed by atoms with van der Waals surface area (Å²) in [4.78, 5) is 39.4. The maximum absolute atomic E-state index is 12.2. The van der Waals surface area contributed by atoms with Gasteiger partial charge in [-0.05, 0) is 24.3 Å². The first-order valence-electron chi connectivity index (χ1n) is 7.21. The molecule has 3 rings (SSSR count). The number of hydrogen-bond donors (Lipinski definition) is 4. The molecule has 0 saturated carbocycles. The normalized spacial score (nSPS) is 10.8. The van der Waals surface area contributed by atoms with E-state index in [1.165, 1.54) is 12.1 Å². The van der Waals surface area contributed by atoms with Crippen LogP contribution in [0.15, 0.2) is 29.1 Å². The second-order valence-electron chi connectivity index (χ2n) is 5.38. The van der Waals surface area contributed by atoms with Crippen LogP contribution in [-0.4, -0.2) is 38.1 Å². The molecule has 0 radical (unpaired) electrons. The van der Waals surface area contributed by atoms with Crippen molar-refractivity contribution < 1.29 is 9.90 Å². The number of nitrogens with zero attached hydrogens (tertiary/aromatic N) is 4. The molecule has 0 fully saturated rings. The lowest BCUT2D eigenvalue weighted by atomic mass is 10.2. The zero-order valence-corrected chi connectivity index (χ0v) is 13.2. The van der Waals surface area contributed by atoms with Crippen molar-refractivity contribution in [2.24, 2.45) is 0 Å². The first-order chi connectivity index (χ1) is 11.8. The van der Waals surface area contributed by atoms with E-state index >= 15 is 0 Å². The van der Waals surface area contributed by atoms with Crippen LogP contribution in [0.5, 0.6) is 0 Å². The lowest BCUT2D eigenvalue weighted by molar-refractivity contribution is 0.0697. The number of anilines is 3. The summed E-state index contributed by atoms with van der Waals surface area (Å²) in [5.41, 5.74) is 12.4. The molecule has 0 bridgehead atoms. The van der Waals surface area contributed by atoms with Gasteiger partial charge in [0, 0.05) is 12.7 Å². The molecule has 1 aromatic carbocycles. The summed E-state index contributed by atoms with van der Waals surface area (Å²) in [5.74, 6) is -0.976. The van der Waals surface area contributed by atoms with Crippen molar-refractivity contribution in [1.29, 1.82) is 0 Å². The molecular formula is C15H15N7O3. The van der Waals surface area contributed by atoms with E-state index in [1.54, 1.807) is 24.1 Å². The summed E-state index contributed by atoms with van der Waals surface area (Å²) in [6, 6.07) is 6.27. The summed E-state index contributed by atoms with van der Waals surface area (Å²) in [6.07, 6.45) is 0. The van der Waals surface area contributed by atoms with Gasteiger partial charge in [-0.15, -0.1) is 0 Å². The molecule has 3 aromatic rings. The van der Waals surface area contributed by atoms with Gasteiger partial charge >= 0.3 is 5.97 Å². The average molecular weight is 341 g/mol. The summed E-state index contributed by atoms with van der Waals surface area (Å²) >= 11 is 0. The Morgan fingerprint density at radius 2 is 1.88 bits per heavy atom. The quantitative estimate of drug-likeness (QED) is 0.519. The molecule has 0 aliphatic carbocycles. The Hall–Kier alpha value is -3.69. The standard InChI is InChI=1S/C15H15N7O3/c1-22(8-4-2-7(3-5-8)14(24)25)6-9-13(23)20-12-10(18-9)11(16)19-15(17)21-12/h2-5H,6H2,1H3,(H,24,25)(H5,16,17,19,20,21,23). The molecule has 0 atom stereocenters. The molecule has 10 heteroatoms. The predicted octanol–water partition coefficient (Wildman–Crippen LogP) is 0.212. The van der Waals surface area contributed by atoms with Gasteiger partial charge in [0.05, 0.1) is 12.1 Å². The van der Waals surface area contributed by atoms with Gasteiger partial charge in [-0.2, -0.15) is 9.97 Å². The number of aromatic amines is 1. The number of fused-ring (bicyclic) bond motifs is 1. The van der Waals surface area contributed by atoms with E-state index in [4.69, 9.17) is 16.6 Å². The molecule has 10 nitrogen and oxygen atoms in total. The van der Waals surface area contributed by atoms with Gasteiger partial charge in [0.1, 0.15) is 11.2 Å². The molecule has 2 heterocycles. The van der Waals surface area contributed by atoms with Crippen LogP contribution in [0.2, 0.25) is 0 Å². The van der Waals surface area contributed by atoms with E-state index in [-0.39, 0.29) is 40.7 Å². The highest BCUT2D eigenvalue weighted by Gasteiger charge is 2.13. The molecular weight excluding hydrogens is 326 g/mol. The molecule has 0 aliphatic heterocycles. The van der Waals surface area contributed by atoms with Crippen LogP contribution in [-0.2, 0) is 6.54 Å². The van der Waals surface area contributed by atoms with Gasteiger partial charge < -0.3 is 26.5 Å². The number of nitrogen functional groups attached to an aromatic ring is 2. The Balaban J connectivity index is 1.92. The molecule has 0 saturated heterocycles. The van der Waals surface area contributed by atoms with Crippen molar-refractivity contribution in [3.8, 4) is 0 Å². The van der Waals surface area contributed by atoms with Crippen molar-refractivity contribution in [1.82, 2.24) is 19.9 Å². The number of rotatable bonds is 4. The highest BCUT2D eigenvalue weighted by molar-refractivity contribution is 5.88. The van der Waals surface area contributed by atoms with E-state index in [2.05, 4.69) is 19.9 Å². The zero-order chi connectivity index (χ0) is 18.1. The van der Waals surface area contributed by atoms with Gasteiger partial charge in [0.25, 0.3) is 5.56 Å². The Morgan fingerprint density at radius 1 is 1.20 bits per heavy atom. The third-order valence-corrected chi connectivity index (χ3v) is 3.61. The number of carboxylic acids is 1. The lowest BCUT2D eigenvalue weighted by Gasteiger charge is -2.18. The molecule has 0 unspecified atom stereocenters. The number of nitrogens with one attached hydrogen (secondary N) is 1. The number of H-pyrrole nitrogens is 1. The van der Waals surface area contributed by atoms with E-state index < -0.39 is 11.5 Å². The number of aromatic carboxylic acids is 1. The number of nitrogens with two attached hydrogens (primary N) is 2. The predicted molar refractivity (Wildman–Crippen MR) is 92.3 cm³/mol. The Morgan fingerprint density at radius 3 is 2.52 bits per heavy atom. The van der Waals surface area contributed by atoms with Crippen LogP contribution in [0.25, 0.3) is 11.2 Å². The van der Waals surface area contributed by atoms with Crippen LogP contribution < -0.4 is 21.9 Å². The van der Waals surface area contributed by atoms with Crippen LogP contribution >= 0.6 is 0 Å². The molecule has 0 spiro atoms. The van der Waals surface area contributed by atoms with Crippen LogP contribution in [0.3, 0.4) is 0 Å². The molecule has 2 aromatic heterocycles. The van der Waals surface area contributed by atoms with Crippen molar-refractivity contribution in [2.75, 3.05) is 23.4 Å². The number of carbonyl (C=O) groups is 1. The average Bonchev–Trinajstić information content (AvgIpc) is 2.56. The fraction of sp³-hybridized carbons (Fsp3) is 0.133. The molecule has 0 amide bonds.